The summed E-state index contributed by atoms with van der Waals surface area (Å²) in [5, 5.41) is 3.61. The van der Waals surface area contributed by atoms with Crippen molar-refractivity contribution in [2.45, 2.75) is 45.6 Å². The van der Waals surface area contributed by atoms with Gasteiger partial charge in [0.1, 0.15) is 0 Å². The average Bonchev–Trinajstić information content (AvgIpc) is 2.42. The predicted octanol–water partition coefficient (Wildman–Crippen LogP) is 3.46. The zero-order chi connectivity index (χ0) is 13.9. The van der Waals surface area contributed by atoms with Crippen LogP contribution in [0.5, 0.6) is 0 Å². The van der Waals surface area contributed by atoms with Crippen molar-refractivity contribution >= 4 is 5.69 Å². The molecule has 1 heterocycles. The lowest BCUT2D eigenvalue weighted by molar-refractivity contribution is 0.225. The molecule has 1 aromatic carbocycles. The molecule has 1 aliphatic carbocycles. The summed E-state index contributed by atoms with van der Waals surface area (Å²) in [6.45, 7) is 8.24. The maximum absolute atomic E-state index is 3.61. The van der Waals surface area contributed by atoms with Gasteiger partial charge in [-0.1, -0.05) is 32.0 Å². The highest BCUT2D eigenvalue weighted by atomic mass is 15.2. The summed E-state index contributed by atoms with van der Waals surface area (Å²) in [4.78, 5) is 2.71. The fourth-order valence-electron chi connectivity index (χ4n) is 3.82. The summed E-state index contributed by atoms with van der Waals surface area (Å²) in [5.41, 5.74) is 3.06. The molecule has 0 bridgehead atoms. The summed E-state index contributed by atoms with van der Waals surface area (Å²) in [5.74, 6) is 1.63. The molecule has 20 heavy (non-hydrogen) atoms. The molecule has 3 atom stereocenters. The zero-order valence-corrected chi connectivity index (χ0v) is 12.9. The molecule has 1 aliphatic heterocycles. The third-order valence-electron chi connectivity index (χ3n) is 4.99. The second-order valence-corrected chi connectivity index (χ2v) is 6.70. The molecule has 3 unspecified atom stereocenters. The summed E-state index contributed by atoms with van der Waals surface area (Å²) >= 11 is 0. The Labute approximate surface area is 123 Å². The first kappa shape index (κ1) is 13.9. The molecule has 0 amide bonds. The first-order valence-electron chi connectivity index (χ1n) is 8.35. The number of hydrogen-bond donors (Lipinski definition) is 1. The second-order valence-electron chi connectivity index (χ2n) is 6.70. The Balaban J connectivity index is 1.70. The number of anilines is 1. The number of nitrogens with one attached hydrogen (secondary N) is 1. The van der Waals surface area contributed by atoms with E-state index >= 15 is 0 Å². The lowest BCUT2D eigenvalue weighted by Crippen LogP contribution is -2.53. The van der Waals surface area contributed by atoms with Crippen LogP contribution in [0.1, 0.15) is 38.7 Å². The molecule has 1 saturated carbocycles. The predicted molar refractivity (Wildman–Crippen MR) is 86.3 cm³/mol. The molecule has 3 rings (SSSR count). The molecule has 2 aliphatic rings. The molecule has 0 saturated heterocycles. The molecule has 110 valence electrons. The fraction of sp³-hybridized carbons (Fsp3) is 0.667. The Morgan fingerprint density at radius 3 is 2.85 bits per heavy atom. The lowest BCUT2D eigenvalue weighted by atomic mass is 9.76. The molecule has 2 heteroatoms. The van der Waals surface area contributed by atoms with Crippen LogP contribution in [0.2, 0.25) is 0 Å². The smallest absolute Gasteiger partial charge is 0.0401 e. The van der Waals surface area contributed by atoms with Crippen LogP contribution in [0.25, 0.3) is 0 Å². The van der Waals surface area contributed by atoms with Gasteiger partial charge in [-0.15, -0.1) is 0 Å². The minimum absolute atomic E-state index is 0.767. The quantitative estimate of drug-likeness (QED) is 0.826. The van der Waals surface area contributed by atoms with Gasteiger partial charge in [-0.25, -0.2) is 0 Å². The van der Waals surface area contributed by atoms with E-state index in [4.69, 9.17) is 0 Å². The number of nitrogens with zero attached hydrogens (tertiary/aromatic N) is 1. The van der Waals surface area contributed by atoms with Gasteiger partial charge in [0.15, 0.2) is 0 Å². The maximum Gasteiger partial charge on any atom is 0.0401 e. The van der Waals surface area contributed by atoms with Gasteiger partial charge in [-0.2, -0.15) is 0 Å². The Morgan fingerprint density at radius 1 is 1.25 bits per heavy atom. The van der Waals surface area contributed by atoms with Crippen molar-refractivity contribution in [2.75, 3.05) is 24.5 Å². The van der Waals surface area contributed by atoms with Gasteiger partial charge in [0.2, 0.25) is 0 Å². The van der Waals surface area contributed by atoms with E-state index in [1.165, 1.54) is 44.5 Å². The summed E-state index contributed by atoms with van der Waals surface area (Å²) in [7, 11) is 0. The summed E-state index contributed by atoms with van der Waals surface area (Å²) < 4.78 is 0. The minimum Gasteiger partial charge on any atom is -0.368 e. The molecule has 1 aromatic rings. The molecular weight excluding hydrogens is 244 g/mol. The summed E-state index contributed by atoms with van der Waals surface area (Å²) in [6, 6.07) is 9.81. The maximum atomic E-state index is 3.61. The highest BCUT2D eigenvalue weighted by Crippen LogP contribution is 2.39. The van der Waals surface area contributed by atoms with Crippen molar-refractivity contribution in [1.29, 1.82) is 0 Å². The minimum atomic E-state index is 0.767. The van der Waals surface area contributed by atoms with E-state index in [1.54, 1.807) is 5.56 Å². The molecule has 0 aromatic heterocycles. The van der Waals surface area contributed by atoms with Crippen molar-refractivity contribution in [3.63, 3.8) is 0 Å². The van der Waals surface area contributed by atoms with E-state index in [1.807, 2.05) is 0 Å². The molecular formula is C18H28N2. The first-order valence-corrected chi connectivity index (χ1v) is 8.35. The lowest BCUT2D eigenvalue weighted by Gasteiger charge is -2.49. The van der Waals surface area contributed by atoms with Crippen LogP contribution in [0.4, 0.5) is 5.69 Å². The third-order valence-corrected chi connectivity index (χ3v) is 4.99. The van der Waals surface area contributed by atoms with E-state index in [2.05, 4.69) is 48.3 Å². The van der Waals surface area contributed by atoms with E-state index in [0.29, 0.717) is 0 Å². The van der Waals surface area contributed by atoms with E-state index in [9.17, 15) is 0 Å². The number of hydrogen-bond acceptors (Lipinski definition) is 2. The van der Waals surface area contributed by atoms with Gasteiger partial charge in [-0.3, -0.25) is 0 Å². The third kappa shape index (κ3) is 2.71. The van der Waals surface area contributed by atoms with Gasteiger partial charge in [0.25, 0.3) is 0 Å². The Hall–Kier alpha value is -1.02. The molecule has 1 fully saturated rings. The Bertz CT molecular complexity index is 443. The van der Waals surface area contributed by atoms with Crippen LogP contribution >= 0.6 is 0 Å². The standard InChI is InChI=1S/C18H28N2/c1-3-10-19-12-16-8-9-18(16)20-13-14(2)11-15-6-4-5-7-17(15)20/h4-7,14,16,18-19H,3,8-13H2,1-2H3. The molecule has 0 radical (unpaired) electrons. The number of rotatable bonds is 5. The van der Waals surface area contributed by atoms with Crippen molar-refractivity contribution in [3.8, 4) is 0 Å². The number of fused-ring (bicyclic) bond motifs is 1. The fourth-order valence-corrected chi connectivity index (χ4v) is 3.82. The van der Waals surface area contributed by atoms with Gasteiger partial charge >= 0.3 is 0 Å². The molecule has 1 N–H and O–H groups in total. The molecule has 2 nitrogen and oxygen atoms in total. The Kier molecular flexibility index (Phi) is 4.30. The monoisotopic (exact) mass is 272 g/mol. The normalized spacial score (nSPS) is 28.9. The Morgan fingerprint density at radius 2 is 2.10 bits per heavy atom. The van der Waals surface area contributed by atoms with E-state index in [-0.39, 0.29) is 0 Å². The largest absolute Gasteiger partial charge is 0.368 e. The van der Waals surface area contributed by atoms with E-state index < -0.39 is 0 Å². The van der Waals surface area contributed by atoms with Crippen LogP contribution in [0.3, 0.4) is 0 Å². The molecule has 0 spiro atoms. The van der Waals surface area contributed by atoms with Crippen molar-refractivity contribution in [3.05, 3.63) is 29.8 Å². The SMILES string of the molecule is CCCNCC1CCC1N1CC(C)Cc2ccccc21. The van der Waals surface area contributed by atoms with Gasteiger partial charge in [-0.05, 0) is 62.2 Å². The van der Waals surface area contributed by atoms with Crippen molar-refractivity contribution in [1.82, 2.24) is 5.32 Å². The van der Waals surface area contributed by atoms with Gasteiger partial charge in [0, 0.05) is 18.3 Å². The first-order chi connectivity index (χ1) is 9.79. The van der Waals surface area contributed by atoms with Crippen LogP contribution < -0.4 is 10.2 Å². The highest BCUT2D eigenvalue weighted by molar-refractivity contribution is 5.57. The average molecular weight is 272 g/mol. The van der Waals surface area contributed by atoms with Crippen molar-refractivity contribution < 1.29 is 0 Å². The highest BCUT2D eigenvalue weighted by Gasteiger charge is 2.37. The number of para-hydroxylation sites is 1. The van der Waals surface area contributed by atoms with Crippen LogP contribution in [0, 0.1) is 11.8 Å². The summed E-state index contributed by atoms with van der Waals surface area (Å²) in [6.07, 6.45) is 5.26. The number of benzene rings is 1. The van der Waals surface area contributed by atoms with Crippen LogP contribution in [0.15, 0.2) is 24.3 Å². The topological polar surface area (TPSA) is 15.3 Å². The van der Waals surface area contributed by atoms with Gasteiger partial charge < -0.3 is 10.2 Å². The van der Waals surface area contributed by atoms with Crippen molar-refractivity contribution in [2.24, 2.45) is 11.8 Å². The van der Waals surface area contributed by atoms with E-state index in [0.717, 1.165) is 24.4 Å². The van der Waals surface area contributed by atoms with Crippen LogP contribution in [-0.2, 0) is 6.42 Å². The van der Waals surface area contributed by atoms with Gasteiger partial charge in [0.05, 0.1) is 0 Å². The van der Waals surface area contributed by atoms with Crippen LogP contribution in [-0.4, -0.2) is 25.7 Å². The zero-order valence-electron chi connectivity index (χ0n) is 12.9. The second kappa shape index (κ2) is 6.17.